The van der Waals surface area contributed by atoms with Crippen molar-refractivity contribution in [2.75, 3.05) is 13.1 Å². The molecule has 0 saturated carbocycles. The van der Waals surface area contributed by atoms with Gasteiger partial charge in [0.2, 0.25) is 11.8 Å². The average Bonchev–Trinajstić information content (AvgIpc) is 3.22. The van der Waals surface area contributed by atoms with Gasteiger partial charge in [0.05, 0.1) is 5.92 Å². The minimum absolute atomic E-state index is 0.105. The summed E-state index contributed by atoms with van der Waals surface area (Å²) >= 11 is 0. The van der Waals surface area contributed by atoms with E-state index in [1.54, 1.807) is 25.1 Å². The number of nitrogens with zero attached hydrogens (tertiary/aromatic N) is 2. The molecule has 0 aromatic heterocycles. The topological polar surface area (TPSA) is 124 Å². The van der Waals surface area contributed by atoms with Gasteiger partial charge in [-0.25, -0.2) is 0 Å². The van der Waals surface area contributed by atoms with Crippen LogP contribution in [0.5, 0.6) is 0 Å². The van der Waals surface area contributed by atoms with Gasteiger partial charge in [0.25, 0.3) is 11.8 Å². The Morgan fingerprint density at radius 2 is 1.93 bits per heavy atom. The number of amides is 4. The van der Waals surface area contributed by atoms with E-state index < -0.39 is 23.8 Å². The zero-order chi connectivity index (χ0) is 20.9. The highest BCUT2D eigenvalue weighted by molar-refractivity contribution is 6.07. The number of hydrogen-bond acceptors (Lipinski definition) is 5. The second-order valence-corrected chi connectivity index (χ2v) is 7.86. The predicted octanol–water partition coefficient (Wildman–Crippen LogP) is 0.240. The summed E-state index contributed by atoms with van der Waals surface area (Å²) in [5.41, 5.74) is 1.25. The molecular formula is C20H21N3O6. The number of nitrogens with one attached hydrogen (secondary N) is 1. The van der Waals surface area contributed by atoms with Crippen LogP contribution in [0.15, 0.2) is 18.2 Å². The van der Waals surface area contributed by atoms with Crippen molar-refractivity contribution in [2.45, 2.75) is 32.4 Å². The van der Waals surface area contributed by atoms with Crippen LogP contribution in [-0.4, -0.2) is 63.6 Å². The first kappa shape index (κ1) is 19.1. The first-order valence-corrected chi connectivity index (χ1v) is 9.56. The van der Waals surface area contributed by atoms with Crippen LogP contribution in [-0.2, 0) is 20.9 Å². The summed E-state index contributed by atoms with van der Waals surface area (Å²) in [5.74, 6) is -3.22. The Labute approximate surface area is 166 Å². The van der Waals surface area contributed by atoms with Crippen molar-refractivity contribution in [3.63, 3.8) is 0 Å². The maximum atomic E-state index is 13.1. The maximum absolute atomic E-state index is 13.1. The van der Waals surface area contributed by atoms with Gasteiger partial charge in [-0.3, -0.25) is 29.3 Å². The van der Waals surface area contributed by atoms with Crippen molar-refractivity contribution in [3.8, 4) is 0 Å². The quantitative estimate of drug-likeness (QED) is 0.702. The van der Waals surface area contributed by atoms with E-state index in [-0.39, 0.29) is 49.6 Å². The third-order valence-electron chi connectivity index (χ3n) is 6.03. The highest BCUT2D eigenvalue weighted by Crippen LogP contribution is 2.32. The lowest BCUT2D eigenvalue weighted by Crippen LogP contribution is -2.52. The van der Waals surface area contributed by atoms with Crippen LogP contribution < -0.4 is 5.32 Å². The van der Waals surface area contributed by atoms with Crippen LogP contribution in [0, 0.1) is 11.8 Å². The van der Waals surface area contributed by atoms with E-state index in [0.717, 1.165) is 0 Å². The Bertz CT molecular complexity index is 942. The third kappa shape index (κ3) is 3.16. The lowest BCUT2D eigenvalue weighted by Gasteiger charge is -2.29. The van der Waals surface area contributed by atoms with Crippen molar-refractivity contribution in [2.24, 2.45) is 11.8 Å². The highest BCUT2D eigenvalue weighted by atomic mass is 16.4. The number of fused-ring (bicyclic) bond motifs is 1. The Kier molecular flexibility index (Phi) is 4.60. The summed E-state index contributed by atoms with van der Waals surface area (Å²) in [5, 5.41) is 11.6. The van der Waals surface area contributed by atoms with Gasteiger partial charge in [-0.15, -0.1) is 0 Å². The standard InChI is InChI=1S/C20H21N3O6/c1-10-7-22(8-13(10)20(28)29)18(26)11-3-2-4-12-14(11)9-23(19(12)27)15-5-6-16(24)21-17(15)25/h2-4,10,13,15H,5-9H2,1H3,(H,28,29)(H,21,24,25)/t10-,13-,15?/m1/s1. The van der Waals surface area contributed by atoms with Crippen LogP contribution in [0.4, 0.5) is 0 Å². The van der Waals surface area contributed by atoms with Crippen molar-refractivity contribution >= 4 is 29.6 Å². The Morgan fingerprint density at radius 1 is 1.17 bits per heavy atom. The third-order valence-corrected chi connectivity index (χ3v) is 6.03. The molecule has 3 aliphatic heterocycles. The smallest absolute Gasteiger partial charge is 0.308 e. The van der Waals surface area contributed by atoms with Crippen LogP contribution in [0.3, 0.4) is 0 Å². The maximum Gasteiger partial charge on any atom is 0.308 e. The number of carboxylic acids is 1. The molecule has 0 radical (unpaired) electrons. The summed E-state index contributed by atoms with van der Waals surface area (Å²) in [4.78, 5) is 63.8. The molecule has 1 unspecified atom stereocenters. The summed E-state index contributed by atoms with van der Waals surface area (Å²) < 4.78 is 0. The van der Waals surface area contributed by atoms with Crippen LogP contribution in [0.25, 0.3) is 0 Å². The fourth-order valence-corrected chi connectivity index (χ4v) is 4.41. The van der Waals surface area contributed by atoms with Crippen LogP contribution in [0.1, 0.15) is 46.0 Å². The Balaban J connectivity index is 1.59. The van der Waals surface area contributed by atoms with Crippen molar-refractivity contribution < 1.29 is 29.1 Å². The lowest BCUT2D eigenvalue weighted by atomic mass is 9.99. The summed E-state index contributed by atoms with van der Waals surface area (Å²) in [6.07, 6.45) is 0.405. The monoisotopic (exact) mass is 399 g/mol. The van der Waals surface area contributed by atoms with Gasteiger partial charge in [-0.2, -0.15) is 0 Å². The second-order valence-electron chi connectivity index (χ2n) is 7.86. The number of rotatable bonds is 3. The van der Waals surface area contributed by atoms with Crippen molar-refractivity contribution in [3.05, 3.63) is 34.9 Å². The largest absolute Gasteiger partial charge is 0.481 e. The fraction of sp³-hybridized carbons (Fsp3) is 0.450. The number of aliphatic carboxylic acids is 1. The molecule has 9 heteroatoms. The van der Waals surface area contributed by atoms with E-state index in [0.29, 0.717) is 23.2 Å². The molecule has 152 valence electrons. The number of imide groups is 1. The molecule has 2 saturated heterocycles. The van der Waals surface area contributed by atoms with Gasteiger partial charge >= 0.3 is 5.97 Å². The van der Waals surface area contributed by atoms with Gasteiger partial charge in [0.1, 0.15) is 6.04 Å². The molecule has 4 rings (SSSR count). The molecule has 0 spiro atoms. The molecule has 0 aliphatic carbocycles. The molecule has 0 bridgehead atoms. The number of hydrogen-bond donors (Lipinski definition) is 2. The molecule has 3 atom stereocenters. The number of likely N-dealkylation sites (tertiary alicyclic amines) is 1. The van der Waals surface area contributed by atoms with E-state index in [1.807, 2.05) is 0 Å². The molecule has 4 amide bonds. The normalized spacial score (nSPS) is 26.5. The minimum atomic E-state index is -0.926. The first-order chi connectivity index (χ1) is 13.8. The average molecular weight is 399 g/mol. The van der Waals surface area contributed by atoms with Crippen LogP contribution >= 0.6 is 0 Å². The molecular weight excluding hydrogens is 378 g/mol. The van der Waals surface area contributed by atoms with Crippen molar-refractivity contribution in [1.29, 1.82) is 0 Å². The molecule has 2 N–H and O–H groups in total. The number of carboxylic acid groups (broad SMARTS) is 1. The highest BCUT2D eigenvalue weighted by Gasteiger charge is 2.42. The lowest BCUT2D eigenvalue weighted by molar-refractivity contribution is -0.142. The number of carbonyl (C=O) groups excluding carboxylic acids is 4. The predicted molar refractivity (Wildman–Crippen MR) is 98.7 cm³/mol. The number of carbonyl (C=O) groups is 5. The zero-order valence-corrected chi connectivity index (χ0v) is 15.9. The van der Waals surface area contributed by atoms with Crippen molar-refractivity contribution in [1.82, 2.24) is 15.1 Å². The molecule has 2 fully saturated rings. The van der Waals surface area contributed by atoms with Gasteiger partial charge in [0, 0.05) is 37.2 Å². The molecule has 29 heavy (non-hydrogen) atoms. The van der Waals surface area contributed by atoms with Gasteiger partial charge in [-0.1, -0.05) is 13.0 Å². The number of benzene rings is 1. The first-order valence-electron chi connectivity index (χ1n) is 9.56. The summed E-state index contributed by atoms with van der Waals surface area (Å²) in [7, 11) is 0. The van der Waals surface area contributed by atoms with E-state index >= 15 is 0 Å². The number of piperidine rings is 1. The van der Waals surface area contributed by atoms with Gasteiger partial charge in [0.15, 0.2) is 0 Å². The van der Waals surface area contributed by atoms with Crippen LogP contribution in [0.2, 0.25) is 0 Å². The zero-order valence-electron chi connectivity index (χ0n) is 15.9. The van der Waals surface area contributed by atoms with E-state index in [9.17, 15) is 29.1 Å². The minimum Gasteiger partial charge on any atom is -0.481 e. The summed E-state index contributed by atoms with van der Waals surface area (Å²) in [6, 6.07) is 4.11. The van der Waals surface area contributed by atoms with E-state index in [1.165, 1.54) is 9.80 Å². The summed E-state index contributed by atoms with van der Waals surface area (Å²) in [6.45, 7) is 2.37. The van der Waals surface area contributed by atoms with E-state index in [4.69, 9.17) is 0 Å². The Hall–Kier alpha value is -3.23. The Morgan fingerprint density at radius 3 is 2.59 bits per heavy atom. The molecule has 3 heterocycles. The SMILES string of the molecule is C[C@@H]1CN(C(=O)c2cccc3c2CN(C2CCC(=O)NC2=O)C3=O)C[C@H]1C(=O)O. The van der Waals surface area contributed by atoms with E-state index in [2.05, 4.69) is 5.32 Å². The second kappa shape index (κ2) is 6.98. The molecule has 9 nitrogen and oxygen atoms in total. The fourth-order valence-electron chi connectivity index (χ4n) is 4.41. The van der Waals surface area contributed by atoms with Gasteiger partial charge in [-0.05, 0) is 30.0 Å². The molecule has 1 aromatic carbocycles. The van der Waals surface area contributed by atoms with Gasteiger partial charge < -0.3 is 14.9 Å². The molecule has 3 aliphatic rings. The molecule has 1 aromatic rings.